The van der Waals surface area contributed by atoms with Crippen LogP contribution >= 0.6 is 0 Å². The van der Waals surface area contributed by atoms with Crippen molar-refractivity contribution in [3.8, 4) is 11.5 Å². The number of ether oxygens (including phenoxy) is 2. The van der Waals surface area contributed by atoms with Gasteiger partial charge >= 0.3 is 0 Å². The SMILES string of the molecule is Cc1nn(C)c2c1[C@@H](c1ccc3c(c1)OCO3)CC(=O)N2. The molecule has 2 aliphatic heterocycles. The largest absolute Gasteiger partial charge is 0.454 e. The zero-order chi connectivity index (χ0) is 14.6. The monoisotopic (exact) mass is 285 g/mol. The van der Waals surface area contributed by atoms with Gasteiger partial charge in [0.2, 0.25) is 12.7 Å². The molecule has 0 spiro atoms. The highest BCUT2D eigenvalue weighted by atomic mass is 16.7. The number of fused-ring (bicyclic) bond motifs is 2. The maximum absolute atomic E-state index is 12.0. The molecule has 2 aliphatic rings. The molecule has 0 saturated heterocycles. The van der Waals surface area contributed by atoms with E-state index in [-0.39, 0.29) is 18.6 Å². The number of carbonyl (C=O) groups is 1. The molecule has 0 radical (unpaired) electrons. The van der Waals surface area contributed by atoms with Crippen LogP contribution in [0.5, 0.6) is 11.5 Å². The van der Waals surface area contributed by atoms with Gasteiger partial charge in [0.15, 0.2) is 11.5 Å². The van der Waals surface area contributed by atoms with Crippen LogP contribution in [-0.2, 0) is 11.8 Å². The molecule has 108 valence electrons. The minimum atomic E-state index is -0.00282. The molecule has 3 heterocycles. The topological polar surface area (TPSA) is 65.4 Å². The van der Waals surface area contributed by atoms with Crippen LogP contribution in [0.4, 0.5) is 5.82 Å². The zero-order valence-electron chi connectivity index (χ0n) is 11.8. The molecule has 0 unspecified atom stereocenters. The van der Waals surface area contributed by atoms with E-state index in [2.05, 4.69) is 10.4 Å². The second kappa shape index (κ2) is 4.25. The molecule has 0 bridgehead atoms. The van der Waals surface area contributed by atoms with Crippen molar-refractivity contribution < 1.29 is 14.3 Å². The third kappa shape index (κ3) is 1.79. The maximum atomic E-state index is 12.0. The Morgan fingerprint density at radius 1 is 1.33 bits per heavy atom. The first kappa shape index (κ1) is 12.3. The van der Waals surface area contributed by atoms with Gasteiger partial charge in [0.05, 0.1) is 5.69 Å². The summed E-state index contributed by atoms with van der Waals surface area (Å²) in [4.78, 5) is 12.0. The number of amides is 1. The van der Waals surface area contributed by atoms with E-state index in [1.807, 2.05) is 32.2 Å². The standard InChI is InChI=1S/C15H15N3O3/c1-8-14-10(6-13(19)16-15(14)18(2)17-8)9-3-4-11-12(5-9)21-7-20-11/h3-5,10H,6-7H2,1-2H3,(H,16,19)/t10-/m1/s1. The number of anilines is 1. The van der Waals surface area contributed by atoms with Gasteiger partial charge < -0.3 is 14.8 Å². The predicted molar refractivity (Wildman–Crippen MR) is 75.6 cm³/mol. The van der Waals surface area contributed by atoms with Crippen LogP contribution in [0.15, 0.2) is 18.2 Å². The van der Waals surface area contributed by atoms with Crippen LogP contribution in [0.1, 0.15) is 29.2 Å². The summed E-state index contributed by atoms with van der Waals surface area (Å²) in [5.41, 5.74) is 3.07. The Kier molecular flexibility index (Phi) is 2.48. The number of hydrogen-bond acceptors (Lipinski definition) is 4. The van der Waals surface area contributed by atoms with Gasteiger partial charge in [-0.25, -0.2) is 0 Å². The van der Waals surface area contributed by atoms with E-state index in [1.54, 1.807) is 4.68 Å². The summed E-state index contributed by atoms with van der Waals surface area (Å²) >= 11 is 0. The molecule has 1 aromatic heterocycles. The van der Waals surface area contributed by atoms with Crippen LogP contribution in [-0.4, -0.2) is 22.5 Å². The minimum Gasteiger partial charge on any atom is -0.454 e. The highest BCUT2D eigenvalue weighted by Gasteiger charge is 2.32. The first-order valence-corrected chi connectivity index (χ1v) is 6.86. The fraction of sp³-hybridized carbons (Fsp3) is 0.333. The summed E-state index contributed by atoms with van der Waals surface area (Å²) in [6.07, 6.45) is 0.416. The lowest BCUT2D eigenvalue weighted by Crippen LogP contribution is -2.24. The average Bonchev–Trinajstić information content (AvgIpc) is 3.03. The van der Waals surface area contributed by atoms with E-state index in [4.69, 9.17) is 9.47 Å². The number of aromatic nitrogens is 2. The number of aryl methyl sites for hydroxylation is 2. The Hall–Kier alpha value is -2.50. The number of nitrogens with zero attached hydrogens (tertiary/aromatic N) is 2. The predicted octanol–water partition coefficient (Wildman–Crippen LogP) is 1.93. The van der Waals surface area contributed by atoms with E-state index in [1.165, 1.54) is 0 Å². The van der Waals surface area contributed by atoms with E-state index < -0.39 is 0 Å². The van der Waals surface area contributed by atoms with Gasteiger partial charge in [-0.1, -0.05) is 6.07 Å². The van der Waals surface area contributed by atoms with Crippen molar-refractivity contribution in [2.45, 2.75) is 19.3 Å². The third-order valence-corrected chi connectivity index (χ3v) is 4.06. The first-order valence-electron chi connectivity index (χ1n) is 6.86. The van der Waals surface area contributed by atoms with Crippen molar-refractivity contribution in [2.75, 3.05) is 12.1 Å². The van der Waals surface area contributed by atoms with Crippen LogP contribution < -0.4 is 14.8 Å². The van der Waals surface area contributed by atoms with Crippen molar-refractivity contribution >= 4 is 11.7 Å². The Bertz CT molecular complexity index is 751. The highest BCUT2D eigenvalue weighted by Crippen LogP contribution is 2.42. The van der Waals surface area contributed by atoms with Gasteiger partial charge in [0.25, 0.3) is 0 Å². The Labute approximate surface area is 121 Å². The molecule has 4 rings (SSSR count). The van der Waals surface area contributed by atoms with Gasteiger partial charge in [-0.2, -0.15) is 5.10 Å². The smallest absolute Gasteiger partial charge is 0.231 e. The summed E-state index contributed by atoms with van der Waals surface area (Å²) in [6.45, 7) is 2.22. The molecule has 1 N–H and O–H groups in total. The number of carbonyl (C=O) groups excluding carboxylic acids is 1. The normalized spacial score (nSPS) is 19.3. The fourth-order valence-corrected chi connectivity index (χ4v) is 3.12. The molecule has 6 heteroatoms. The van der Waals surface area contributed by atoms with Gasteiger partial charge in [0, 0.05) is 24.9 Å². The highest BCUT2D eigenvalue weighted by molar-refractivity contribution is 5.94. The van der Waals surface area contributed by atoms with Crippen molar-refractivity contribution in [1.82, 2.24) is 9.78 Å². The van der Waals surface area contributed by atoms with Gasteiger partial charge in [0.1, 0.15) is 5.82 Å². The van der Waals surface area contributed by atoms with Crippen molar-refractivity contribution in [3.63, 3.8) is 0 Å². The lowest BCUT2D eigenvalue weighted by atomic mass is 9.85. The van der Waals surface area contributed by atoms with Crippen LogP contribution in [0.3, 0.4) is 0 Å². The summed E-state index contributed by atoms with van der Waals surface area (Å²) in [5.74, 6) is 2.28. The molecule has 21 heavy (non-hydrogen) atoms. The fourth-order valence-electron chi connectivity index (χ4n) is 3.12. The summed E-state index contributed by atoms with van der Waals surface area (Å²) in [6, 6.07) is 5.85. The second-order valence-electron chi connectivity index (χ2n) is 5.39. The molecule has 2 aromatic rings. The van der Waals surface area contributed by atoms with Crippen molar-refractivity contribution in [3.05, 3.63) is 35.0 Å². The second-order valence-corrected chi connectivity index (χ2v) is 5.39. The van der Waals surface area contributed by atoms with Crippen LogP contribution in [0, 0.1) is 6.92 Å². The van der Waals surface area contributed by atoms with Gasteiger partial charge in [-0.05, 0) is 24.6 Å². The Morgan fingerprint density at radius 3 is 3.00 bits per heavy atom. The van der Waals surface area contributed by atoms with Gasteiger partial charge in [-0.3, -0.25) is 9.48 Å². The maximum Gasteiger partial charge on any atom is 0.231 e. The Balaban J connectivity index is 1.84. The third-order valence-electron chi connectivity index (χ3n) is 4.06. The summed E-state index contributed by atoms with van der Waals surface area (Å²) in [7, 11) is 1.84. The van der Waals surface area contributed by atoms with E-state index in [0.717, 1.165) is 34.1 Å². The lowest BCUT2D eigenvalue weighted by Gasteiger charge is -2.24. The van der Waals surface area contributed by atoms with E-state index >= 15 is 0 Å². The molecule has 1 amide bonds. The molecule has 0 aliphatic carbocycles. The summed E-state index contributed by atoms with van der Waals surface area (Å²) < 4.78 is 12.5. The number of rotatable bonds is 1. The minimum absolute atomic E-state index is 0.00282. The molecule has 1 atom stereocenters. The number of benzene rings is 1. The molecule has 0 fully saturated rings. The van der Waals surface area contributed by atoms with Crippen LogP contribution in [0.2, 0.25) is 0 Å². The molecular formula is C15H15N3O3. The number of hydrogen-bond donors (Lipinski definition) is 1. The quantitative estimate of drug-likeness (QED) is 0.869. The van der Waals surface area contributed by atoms with Crippen molar-refractivity contribution in [2.24, 2.45) is 7.05 Å². The number of nitrogens with one attached hydrogen (secondary N) is 1. The first-order chi connectivity index (χ1) is 10.1. The Morgan fingerprint density at radius 2 is 2.14 bits per heavy atom. The molecule has 1 aromatic carbocycles. The molecule has 6 nitrogen and oxygen atoms in total. The average molecular weight is 285 g/mol. The summed E-state index contributed by atoms with van der Waals surface area (Å²) in [5, 5.41) is 7.33. The van der Waals surface area contributed by atoms with Crippen molar-refractivity contribution in [1.29, 1.82) is 0 Å². The zero-order valence-corrected chi connectivity index (χ0v) is 11.8. The lowest BCUT2D eigenvalue weighted by molar-refractivity contribution is -0.116. The molecule has 0 saturated carbocycles. The van der Waals surface area contributed by atoms with E-state index in [0.29, 0.717) is 6.42 Å². The van der Waals surface area contributed by atoms with Gasteiger partial charge in [-0.15, -0.1) is 0 Å². The van der Waals surface area contributed by atoms with E-state index in [9.17, 15) is 4.79 Å². The molecular weight excluding hydrogens is 270 g/mol. The van der Waals surface area contributed by atoms with Crippen LogP contribution in [0.25, 0.3) is 0 Å².